The van der Waals surface area contributed by atoms with Crippen LogP contribution in [0.25, 0.3) is 0 Å². The van der Waals surface area contributed by atoms with Crippen LogP contribution in [-0.4, -0.2) is 32.3 Å². The number of carbonyl (C=O) groups is 2. The van der Waals surface area contributed by atoms with E-state index in [4.69, 9.17) is 25.8 Å². The maximum absolute atomic E-state index is 12.6. The van der Waals surface area contributed by atoms with Gasteiger partial charge in [-0.25, -0.2) is 9.59 Å². The topological polar surface area (TPSA) is 85.9 Å². The number of ether oxygens (including phenoxy) is 3. The van der Waals surface area contributed by atoms with Crippen LogP contribution >= 0.6 is 11.6 Å². The number of urea groups is 1. The third-order valence-corrected chi connectivity index (χ3v) is 4.85. The molecular weight excluding hydrogens is 372 g/mol. The molecule has 2 aliphatic rings. The summed E-state index contributed by atoms with van der Waals surface area (Å²) in [6, 6.07) is 6.01. The zero-order valence-corrected chi connectivity index (χ0v) is 15.3. The van der Waals surface area contributed by atoms with E-state index in [1.807, 2.05) is 6.07 Å². The van der Waals surface area contributed by atoms with Gasteiger partial charge in [-0.2, -0.15) is 0 Å². The van der Waals surface area contributed by atoms with Crippen LogP contribution in [0.4, 0.5) is 16.2 Å². The van der Waals surface area contributed by atoms with Crippen LogP contribution < -0.4 is 20.1 Å². The molecule has 27 heavy (non-hydrogen) atoms. The smallest absolute Gasteiger partial charge is 0.337 e. The fourth-order valence-electron chi connectivity index (χ4n) is 3.25. The molecule has 2 heterocycles. The highest BCUT2D eigenvalue weighted by atomic mass is 35.5. The minimum absolute atomic E-state index is 0.287. The van der Waals surface area contributed by atoms with Crippen LogP contribution in [0.1, 0.15) is 21.5 Å². The lowest BCUT2D eigenvalue weighted by atomic mass is 10.0. The van der Waals surface area contributed by atoms with Gasteiger partial charge in [0.2, 0.25) is 0 Å². The Morgan fingerprint density at radius 2 is 1.93 bits per heavy atom. The second-order valence-electron chi connectivity index (χ2n) is 6.18. The van der Waals surface area contributed by atoms with Crippen LogP contribution in [0.5, 0.6) is 11.5 Å². The fourth-order valence-corrected chi connectivity index (χ4v) is 3.42. The van der Waals surface area contributed by atoms with Crippen molar-refractivity contribution in [1.29, 1.82) is 0 Å². The molecule has 0 fully saturated rings. The van der Waals surface area contributed by atoms with Crippen LogP contribution in [-0.2, 0) is 17.6 Å². The van der Waals surface area contributed by atoms with Gasteiger partial charge in [-0.15, -0.1) is 0 Å². The Hall–Kier alpha value is -2.93. The maximum atomic E-state index is 12.6. The average molecular weight is 389 g/mol. The largest absolute Gasteiger partial charge is 0.493 e. The van der Waals surface area contributed by atoms with Gasteiger partial charge in [0.1, 0.15) is 11.5 Å². The number of halogens is 1. The predicted molar refractivity (Wildman–Crippen MR) is 100 cm³/mol. The van der Waals surface area contributed by atoms with Crippen LogP contribution in [0.3, 0.4) is 0 Å². The molecule has 2 N–H and O–H groups in total. The molecule has 2 aromatic carbocycles. The first-order chi connectivity index (χ1) is 13.1. The molecule has 0 aromatic heterocycles. The molecule has 0 radical (unpaired) electrons. The van der Waals surface area contributed by atoms with Crippen molar-refractivity contribution in [2.75, 3.05) is 31.0 Å². The average Bonchev–Trinajstić information content (AvgIpc) is 3.31. The standard InChI is InChI=1S/C19H17ClN2O5/c1-25-18(23)11-2-3-13(20)14(8-11)21-19(24)22-16-12-5-7-26-15(12)9-10-4-6-27-17(10)16/h2-3,8-9H,4-7H2,1H3,(H2,21,22,24). The zero-order chi connectivity index (χ0) is 19.0. The number of benzene rings is 2. The summed E-state index contributed by atoms with van der Waals surface area (Å²) in [7, 11) is 1.29. The van der Waals surface area contributed by atoms with Crippen LogP contribution in [0, 0.1) is 0 Å². The molecule has 2 aliphatic heterocycles. The molecule has 0 bridgehead atoms. The molecule has 0 saturated carbocycles. The van der Waals surface area contributed by atoms with E-state index in [2.05, 4.69) is 10.6 Å². The highest BCUT2D eigenvalue weighted by Gasteiger charge is 2.27. The van der Waals surface area contributed by atoms with E-state index >= 15 is 0 Å². The van der Waals surface area contributed by atoms with Crippen molar-refractivity contribution in [3.05, 3.63) is 46.0 Å². The number of carbonyl (C=O) groups excluding carboxylic acids is 2. The molecule has 140 valence electrons. The predicted octanol–water partition coefficient (Wildman–Crippen LogP) is 3.64. The number of hydrogen-bond acceptors (Lipinski definition) is 5. The van der Waals surface area contributed by atoms with E-state index in [1.165, 1.54) is 25.3 Å². The summed E-state index contributed by atoms with van der Waals surface area (Å²) in [5.74, 6) is 0.948. The number of rotatable bonds is 3. The first-order valence-electron chi connectivity index (χ1n) is 8.47. The summed E-state index contributed by atoms with van der Waals surface area (Å²) < 4.78 is 16.0. The van der Waals surface area contributed by atoms with Crippen molar-refractivity contribution < 1.29 is 23.8 Å². The van der Waals surface area contributed by atoms with Gasteiger partial charge in [-0.3, -0.25) is 0 Å². The second kappa shape index (κ2) is 7.00. The first kappa shape index (κ1) is 17.5. The van der Waals surface area contributed by atoms with Gasteiger partial charge in [0.25, 0.3) is 0 Å². The van der Waals surface area contributed by atoms with Crippen LogP contribution in [0.15, 0.2) is 24.3 Å². The van der Waals surface area contributed by atoms with Gasteiger partial charge < -0.3 is 24.8 Å². The Balaban J connectivity index is 1.59. The Morgan fingerprint density at radius 3 is 2.74 bits per heavy atom. The van der Waals surface area contributed by atoms with Gasteiger partial charge in [-0.05, 0) is 24.3 Å². The summed E-state index contributed by atoms with van der Waals surface area (Å²) in [5.41, 5.74) is 3.14. The van der Waals surface area contributed by atoms with E-state index in [1.54, 1.807) is 0 Å². The number of fused-ring (bicyclic) bond motifs is 2. The fraction of sp³-hybridized carbons (Fsp3) is 0.263. The molecular formula is C19H17ClN2O5. The van der Waals surface area contributed by atoms with E-state index in [-0.39, 0.29) is 5.56 Å². The number of nitrogens with one attached hydrogen (secondary N) is 2. The lowest BCUT2D eigenvalue weighted by Gasteiger charge is -2.15. The van der Waals surface area contributed by atoms with E-state index in [9.17, 15) is 9.59 Å². The van der Waals surface area contributed by atoms with E-state index in [0.29, 0.717) is 41.8 Å². The minimum atomic E-state index is -0.514. The molecule has 0 saturated heterocycles. The van der Waals surface area contributed by atoms with Gasteiger partial charge in [0, 0.05) is 24.0 Å². The number of methoxy groups -OCH3 is 1. The van der Waals surface area contributed by atoms with Gasteiger partial charge in [0.15, 0.2) is 0 Å². The normalized spacial score (nSPS) is 13.9. The van der Waals surface area contributed by atoms with Gasteiger partial charge in [-0.1, -0.05) is 11.6 Å². The lowest BCUT2D eigenvalue weighted by molar-refractivity contribution is 0.0600. The monoisotopic (exact) mass is 388 g/mol. The first-order valence-corrected chi connectivity index (χ1v) is 8.85. The number of hydrogen-bond donors (Lipinski definition) is 2. The van der Waals surface area contributed by atoms with Crippen molar-refractivity contribution in [2.24, 2.45) is 0 Å². The SMILES string of the molecule is COC(=O)c1ccc(Cl)c(NC(=O)Nc2c3c(cc4c2OCC4)OCC3)c1. The Kier molecular flexibility index (Phi) is 4.53. The molecule has 2 amide bonds. The molecule has 8 heteroatoms. The number of amides is 2. The van der Waals surface area contributed by atoms with Crippen molar-refractivity contribution in [1.82, 2.24) is 0 Å². The lowest BCUT2D eigenvalue weighted by Crippen LogP contribution is -2.21. The van der Waals surface area contributed by atoms with Crippen molar-refractivity contribution in [2.45, 2.75) is 12.8 Å². The second-order valence-corrected chi connectivity index (χ2v) is 6.59. The molecule has 0 aliphatic carbocycles. The molecule has 4 rings (SSSR count). The minimum Gasteiger partial charge on any atom is -0.493 e. The molecule has 2 aromatic rings. The Bertz CT molecular complexity index is 912. The zero-order valence-electron chi connectivity index (χ0n) is 14.6. The van der Waals surface area contributed by atoms with Gasteiger partial charge in [0.05, 0.1) is 42.3 Å². The molecule has 0 atom stereocenters. The molecule has 0 spiro atoms. The summed E-state index contributed by atoms with van der Waals surface area (Å²) in [5, 5.41) is 5.83. The maximum Gasteiger partial charge on any atom is 0.337 e. The third kappa shape index (κ3) is 3.26. The van der Waals surface area contributed by atoms with Crippen molar-refractivity contribution in [3.63, 3.8) is 0 Å². The van der Waals surface area contributed by atoms with E-state index < -0.39 is 12.0 Å². The number of anilines is 2. The van der Waals surface area contributed by atoms with Crippen molar-refractivity contribution in [3.8, 4) is 11.5 Å². The summed E-state index contributed by atoms with van der Waals surface area (Å²) in [6.07, 6.45) is 1.47. The summed E-state index contributed by atoms with van der Waals surface area (Å²) >= 11 is 6.14. The highest BCUT2D eigenvalue weighted by molar-refractivity contribution is 6.34. The molecule has 7 nitrogen and oxygen atoms in total. The Labute approximate surface area is 160 Å². The highest BCUT2D eigenvalue weighted by Crippen LogP contribution is 2.44. The summed E-state index contributed by atoms with van der Waals surface area (Å²) in [4.78, 5) is 24.3. The summed E-state index contributed by atoms with van der Waals surface area (Å²) in [6.45, 7) is 1.14. The quantitative estimate of drug-likeness (QED) is 0.784. The van der Waals surface area contributed by atoms with E-state index in [0.717, 1.165) is 23.3 Å². The van der Waals surface area contributed by atoms with Crippen molar-refractivity contribution >= 4 is 35.0 Å². The number of esters is 1. The Morgan fingerprint density at radius 1 is 1.11 bits per heavy atom. The third-order valence-electron chi connectivity index (χ3n) is 4.52. The van der Waals surface area contributed by atoms with Gasteiger partial charge >= 0.3 is 12.0 Å². The molecule has 0 unspecified atom stereocenters. The van der Waals surface area contributed by atoms with Crippen LogP contribution in [0.2, 0.25) is 5.02 Å².